The zero-order valence-corrected chi connectivity index (χ0v) is 17.8. The van der Waals surface area contributed by atoms with E-state index in [4.69, 9.17) is 16.0 Å². The van der Waals surface area contributed by atoms with E-state index in [1.54, 1.807) is 0 Å². The first-order chi connectivity index (χ1) is 14.3. The van der Waals surface area contributed by atoms with E-state index in [1.807, 2.05) is 19.1 Å². The molecule has 158 valence electrons. The fraction of sp³-hybridized carbons (Fsp3) is 0.350. The summed E-state index contributed by atoms with van der Waals surface area (Å²) in [5.41, 5.74) is 3.51. The highest BCUT2D eigenvalue weighted by atomic mass is 35.5. The summed E-state index contributed by atoms with van der Waals surface area (Å²) in [5.74, 6) is -1.12. The molecular weight excluding hydrogens is 428 g/mol. The van der Waals surface area contributed by atoms with Crippen molar-refractivity contribution in [1.82, 2.24) is 19.9 Å². The quantitative estimate of drug-likeness (QED) is 0.598. The van der Waals surface area contributed by atoms with Gasteiger partial charge in [0.2, 0.25) is 5.89 Å². The Morgan fingerprint density at radius 2 is 2.00 bits per heavy atom. The number of aromatic amines is 1. The first kappa shape index (κ1) is 20.8. The van der Waals surface area contributed by atoms with Crippen LogP contribution < -0.4 is 10.5 Å². The Balaban J connectivity index is 1.74. The van der Waals surface area contributed by atoms with Crippen molar-refractivity contribution in [1.29, 1.82) is 0 Å². The van der Waals surface area contributed by atoms with Gasteiger partial charge in [-0.1, -0.05) is 36.7 Å². The largest absolute Gasteiger partial charge is 0.434 e. The van der Waals surface area contributed by atoms with Gasteiger partial charge in [0.25, 0.3) is 10.0 Å². The maximum Gasteiger partial charge on any atom is 0.434 e. The number of sulfonamides is 1. The predicted molar refractivity (Wildman–Crippen MR) is 111 cm³/mol. The van der Waals surface area contributed by atoms with Crippen molar-refractivity contribution >= 4 is 21.6 Å². The molecule has 0 saturated carbocycles. The van der Waals surface area contributed by atoms with E-state index in [9.17, 15) is 13.2 Å². The van der Waals surface area contributed by atoms with Gasteiger partial charge in [0.15, 0.2) is 5.03 Å². The third-order valence-electron chi connectivity index (χ3n) is 5.40. The number of nitrogens with one attached hydrogen (secondary N) is 2. The topological polar surface area (TPSA) is 118 Å². The zero-order chi connectivity index (χ0) is 21.3. The van der Waals surface area contributed by atoms with Gasteiger partial charge in [-0.3, -0.25) is 0 Å². The average molecular weight is 449 g/mol. The van der Waals surface area contributed by atoms with E-state index in [0.29, 0.717) is 5.02 Å². The molecule has 2 N–H and O–H groups in total. The van der Waals surface area contributed by atoms with E-state index < -0.39 is 21.8 Å². The van der Waals surface area contributed by atoms with Crippen LogP contribution in [0.5, 0.6) is 0 Å². The summed E-state index contributed by atoms with van der Waals surface area (Å²) in [5, 5.41) is 6.25. The van der Waals surface area contributed by atoms with Gasteiger partial charge < -0.3 is 4.42 Å². The molecule has 2 aromatic heterocycles. The number of benzene rings is 1. The highest BCUT2D eigenvalue weighted by molar-refractivity contribution is 7.89. The second-order valence-electron chi connectivity index (χ2n) is 7.35. The molecule has 4 rings (SSSR count). The summed E-state index contributed by atoms with van der Waals surface area (Å²) in [6.07, 6.45) is 5.41. The highest BCUT2D eigenvalue weighted by Gasteiger charge is 2.33. The molecule has 2 heterocycles. The Morgan fingerprint density at radius 3 is 2.70 bits per heavy atom. The van der Waals surface area contributed by atoms with Crippen LogP contribution >= 0.6 is 11.6 Å². The molecule has 3 aromatic rings. The van der Waals surface area contributed by atoms with E-state index in [0.717, 1.165) is 31.2 Å². The lowest BCUT2D eigenvalue weighted by molar-refractivity contribution is 0.380. The Morgan fingerprint density at radius 1 is 1.20 bits per heavy atom. The monoisotopic (exact) mass is 448 g/mol. The molecule has 0 unspecified atom stereocenters. The van der Waals surface area contributed by atoms with Crippen LogP contribution in [0, 0.1) is 0 Å². The average Bonchev–Trinajstić information content (AvgIpc) is 3.17. The molecule has 0 fully saturated rings. The maximum atomic E-state index is 13.0. The fourth-order valence-corrected chi connectivity index (χ4v) is 5.22. The van der Waals surface area contributed by atoms with E-state index in [2.05, 4.69) is 26.0 Å². The first-order valence-corrected chi connectivity index (χ1v) is 11.5. The molecule has 10 heteroatoms. The number of aryl methyl sites for hydroxylation is 1. The molecular formula is C20H21ClN4O4S. The summed E-state index contributed by atoms with van der Waals surface area (Å²) in [4.78, 5) is 15.5. The molecule has 1 aliphatic rings. The minimum absolute atomic E-state index is 0.0292. The van der Waals surface area contributed by atoms with Gasteiger partial charge in [-0.2, -0.15) is 4.72 Å². The van der Waals surface area contributed by atoms with Crippen LogP contribution in [0.3, 0.4) is 0 Å². The summed E-state index contributed by atoms with van der Waals surface area (Å²) in [7, 11) is -4.03. The number of halogens is 1. The molecule has 2 atom stereocenters. The Kier molecular flexibility index (Phi) is 5.77. The van der Waals surface area contributed by atoms with Gasteiger partial charge in [0.05, 0.1) is 5.02 Å². The van der Waals surface area contributed by atoms with Crippen molar-refractivity contribution in [2.24, 2.45) is 0 Å². The molecule has 0 spiro atoms. The molecule has 1 aliphatic carbocycles. The molecule has 30 heavy (non-hydrogen) atoms. The summed E-state index contributed by atoms with van der Waals surface area (Å²) in [6, 6.07) is 7.93. The summed E-state index contributed by atoms with van der Waals surface area (Å²) < 4.78 is 33.7. The van der Waals surface area contributed by atoms with Gasteiger partial charge in [-0.05, 0) is 54.5 Å². The Labute approximate surface area is 178 Å². The summed E-state index contributed by atoms with van der Waals surface area (Å²) in [6.45, 7) is 1.89. The zero-order valence-electron chi connectivity index (χ0n) is 16.3. The van der Waals surface area contributed by atoms with Crippen LogP contribution in [-0.4, -0.2) is 23.6 Å². The molecule has 0 bridgehead atoms. The van der Waals surface area contributed by atoms with Crippen molar-refractivity contribution < 1.29 is 12.8 Å². The van der Waals surface area contributed by atoms with Crippen molar-refractivity contribution in [2.75, 3.05) is 0 Å². The standard InChI is InChI=1S/C20H21ClN4O4S/c1-12(15-8-4-6-13-5-2-3-7-16(13)15)18(19-23-24-20(26)29-19)25-30(27,28)17-10-9-14(21)11-22-17/h4,6,8-12,18,25H,2-3,5,7H2,1H3,(H,24,26)/t12-,18+/m1/s1. The van der Waals surface area contributed by atoms with Crippen LogP contribution in [-0.2, 0) is 22.9 Å². The molecule has 0 saturated heterocycles. The first-order valence-electron chi connectivity index (χ1n) is 9.65. The fourth-order valence-electron chi connectivity index (χ4n) is 3.91. The molecule has 0 aliphatic heterocycles. The Hall–Kier alpha value is -2.49. The van der Waals surface area contributed by atoms with Crippen molar-refractivity contribution in [3.8, 4) is 0 Å². The SMILES string of the molecule is C[C@H](c1cccc2c1CCCC2)[C@H](NS(=O)(=O)c1ccc(Cl)cn1)c1n[nH]c(=O)o1. The summed E-state index contributed by atoms with van der Waals surface area (Å²) >= 11 is 5.82. The van der Waals surface area contributed by atoms with E-state index in [1.165, 1.54) is 29.5 Å². The van der Waals surface area contributed by atoms with Crippen molar-refractivity contribution in [3.63, 3.8) is 0 Å². The number of hydrogen-bond donors (Lipinski definition) is 2. The van der Waals surface area contributed by atoms with Crippen molar-refractivity contribution in [2.45, 2.75) is 49.6 Å². The van der Waals surface area contributed by atoms with Crippen LogP contribution in [0.25, 0.3) is 0 Å². The molecule has 0 amide bonds. The van der Waals surface area contributed by atoms with Gasteiger partial charge in [-0.25, -0.2) is 23.3 Å². The minimum atomic E-state index is -4.03. The second-order valence-corrected chi connectivity index (χ2v) is 9.44. The van der Waals surface area contributed by atoms with Gasteiger partial charge >= 0.3 is 5.76 Å². The van der Waals surface area contributed by atoms with Crippen LogP contribution in [0.1, 0.15) is 54.3 Å². The van der Waals surface area contributed by atoms with Crippen molar-refractivity contribution in [3.05, 3.63) is 74.7 Å². The maximum absolute atomic E-state index is 13.0. The van der Waals surface area contributed by atoms with E-state index in [-0.39, 0.29) is 16.8 Å². The van der Waals surface area contributed by atoms with Crippen LogP contribution in [0.4, 0.5) is 0 Å². The Bertz CT molecular complexity index is 1200. The smallest absolute Gasteiger partial charge is 0.391 e. The lowest BCUT2D eigenvalue weighted by atomic mass is 9.82. The number of aromatic nitrogens is 3. The number of fused-ring (bicyclic) bond motifs is 1. The van der Waals surface area contributed by atoms with Gasteiger partial charge in [0.1, 0.15) is 6.04 Å². The normalized spacial score (nSPS) is 16.1. The van der Waals surface area contributed by atoms with Gasteiger partial charge in [-0.15, -0.1) is 5.10 Å². The van der Waals surface area contributed by atoms with Crippen LogP contribution in [0.2, 0.25) is 5.02 Å². The third kappa shape index (κ3) is 4.19. The number of hydrogen-bond acceptors (Lipinski definition) is 6. The van der Waals surface area contributed by atoms with E-state index >= 15 is 0 Å². The number of pyridine rings is 1. The molecule has 0 radical (unpaired) electrons. The predicted octanol–water partition coefficient (Wildman–Crippen LogP) is 3.11. The highest BCUT2D eigenvalue weighted by Crippen LogP contribution is 2.36. The molecule has 8 nitrogen and oxygen atoms in total. The van der Waals surface area contributed by atoms with Gasteiger partial charge in [0, 0.05) is 12.1 Å². The number of nitrogens with zero attached hydrogens (tertiary/aromatic N) is 2. The second kappa shape index (κ2) is 8.33. The lowest BCUT2D eigenvalue weighted by Gasteiger charge is -2.27. The minimum Gasteiger partial charge on any atom is -0.391 e. The van der Waals surface area contributed by atoms with Crippen LogP contribution in [0.15, 0.2) is 50.8 Å². The number of H-pyrrole nitrogens is 1. The third-order valence-corrected chi connectivity index (χ3v) is 6.98. The number of rotatable bonds is 6. The molecule has 1 aromatic carbocycles. The lowest BCUT2D eigenvalue weighted by Crippen LogP contribution is -2.33.